The molecule has 0 saturated heterocycles. The van der Waals surface area contributed by atoms with Crippen LogP contribution in [0.3, 0.4) is 0 Å². The summed E-state index contributed by atoms with van der Waals surface area (Å²) in [6.07, 6.45) is 3.22. The van der Waals surface area contributed by atoms with E-state index in [0.29, 0.717) is 5.41 Å². The van der Waals surface area contributed by atoms with Gasteiger partial charge in [0.15, 0.2) is 0 Å². The van der Waals surface area contributed by atoms with E-state index in [1.165, 1.54) is 6.42 Å². The maximum atomic E-state index is 3.65. The second kappa shape index (κ2) is 4.06. The Hall–Kier alpha value is -0.340. The highest BCUT2D eigenvalue weighted by Crippen LogP contribution is 2.44. The third-order valence-electron chi connectivity index (χ3n) is 2.49. The zero-order chi connectivity index (χ0) is 9.03. The van der Waals surface area contributed by atoms with E-state index < -0.39 is 0 Å². The molecular weight excluding hydrogens is 148 g/mol. The summed E-state index contributed by atoms with van der Waals surface area (Å²) in [7, 11) is 0. The molecule has 2 N–H and O–H groups in total. The topological polar surface area (TPSA) is 24.1 Å². The molecule has 0 heterocycles. The van der Waals surface area contributed by atoms with E-state index in [2.05, 4.69) is 31.1 Å². The lowest BCUT2D eigenvalue weighted by Gasteiger charge is -2.06. The highest BCUT2D eigenvalue weighted by Gasteiger charge is 2.44. The van der Waals surface area contributed by atoms with Crippen molar-refractivity contribution in [3.63, 3.8) is 0 Å². The van der Waals surface area contributed by atoms with E-state index in [4.69, 9.17) is 0 Å². The van der Waals surface area contributed by atoms with Crippen molar-refractivity contribution in [2.45, 2.75) is 26.3 Å². The van der Waals surface area contributed by atoms with Gasteiger partial charge in [-0.2, -0.15) is 0 Å². The quantitative estimate of drug-likeness (QED) is 0.459. The monoisotopic (exact) mass is 168 g/mol. The molecule has 2 nitrogen and oxygen atoms in total. The molecule has 1 aliphatic rings. The smallest absolute Gasteiger partial charge is 0.0132 e. The fraction of sp³-hybridized carbons (Fsp3) is 0.800. The summed E-state index contributed by atoms with van der Waals surface area (Å²) in [6.45, 7) is 11.3. The summed E-state index contributed by atoms with van der Waals surface area (Å²) in [4.78, 5) is 0. The first kappa shape index (κ1) is 9.75. The molecule has 0 aromatic heterocycles. The Morgan fingerprint density at radius 3 is 2.67 bits per heavy atom. The Bertz CT molecular complexity index is 152. The maximum absolute atomic E-state index is 3.65. The summed E-state index contributed by atoms with van der Waals surface area (Å²) in [5.74, 6) is 0. The van der Waals surface area contributed by atoms with Gasteiger partial charge < -0.3 is 10.6 Å². The van der Waals surface area contributed by atoms with Crippen LogP contribution in [0.15, 0.2) is 12.7 Å². The van der Waals surface area contributed by atoms with Gasteiger partial charge in [-0.3, -0.25) is 0 Å². The second-order valence-corrected chi connectivity index (χ2v) is 4.19. The first-order valence-corrected chi connectivity index (χ1v) is 4.72. The van der Waals surface area contributed by atoms with Crippen molar-refractivity contribution in [1.82, 2.24) is 10.6 Å². The van der Waals surface area contributed by atoms with Crippen molar-refractivity contribution >= 4 is 0 Å². The van der Waals surface area contributed by atoms with E-state index in [1.807, 2.05) is 6.08 Å². The number of rotatable bonds is 6. The molecule has 2 heteroatoms. The number of hydrogen-bond acceptors (Lipinski definition) is 2. The molecule has 1 saturated carbocycles. The standard InChI is InChI=1S/C10H20N2/c1-4-5-11-6-7-12-9-8-10(9,2)3/h4,9,11-12H,1,5-8H2,2-3H3. The molecule has 1 unspecified atom stereocenters. The van der Waals surface area contributed by atoms with Crippen LogP contribution in [0.25, 0.3) is 0 Å². The van der Waals surface area contributed by atoms with Gasteiger partial charge in [-0.25, -0.2) is 0 Å². The predicted molar refractivity (Wildman–Crippen MR) is 53.3 cm³/mol. The zero-order valence-corrected chi connectivity index (χ0v) is 8.19. The molecule has 0 aromatic rings. The summed E-state index contributed by atoms with van der Waals surface area (Å²) in [5.41, 5.74) is 0.554. The SMILES string of the molecule is C=CCNCCNC1CC1(C)C. The molecule has 1 fully saturated rings. The van der Waals surface area contributed by atoms with Gasteiger partial charge in [-0.15, -0.1) is 6.58 Å². The predicted octanol–water partition coefficient (Wildman–Crippen LogP) is 1.15. The van der Waals surface area contributed by atoms with Crippen molar-refractivity contribution in [3.05, 3.63) is 12.7 Å². The van der Waals surface area contributed by atoms with E-state index >= 15 is 0 Å². The maximum Gasteiger partial charge on any atom is 0.0132 e. The van der Waals surface area contributed by atoms with E-state index in [-0.39, 0.29) is 0 Å². The van der Waals surface area contributed by atoms with E-state index in [0.717, 1.165) is 25.7 Å². The molecule has 0 aromatic carbocycles. The van der Waals surface area contributed by atoms with Crippen LogP contribution in [-0.2, 0) is 0 Å². The summed E-state index contributed by atoms with van der Waals surface area (Å²) >= 11 is 0. The Labute approximate surface area is 75.4 Å². The van der Waals surface area contributed by atoms with Gasteiger partial charge in [0.1, 0.15) is 0 Å². The Morgan fingerprint density at radius 1 is 1.50 bits per heavy atom. The molecule has 1 rings (SSSR count). The molecule has 0 radical (unpaired) electrons. The van der Waals surface area contributed by atoms with Crippen molar-refractivity contribution in [2.75, 3.05) is 19.6 Å². The lowest BCUT2D eigenvalue weighted by Crippen LogP contribution is -2.30. The van der Waals surface area contributed by atoms with Gasteiger partial charge >= 0.3 is 0 Å². The van der Waals surface area contributed by atoms with Crippen LogP contribution in [0.1, 0.15) is 20.3 Å². The largest absolute Gasteiger partial charge is 0.312 e. The number of hydrogen-bond donors (Lipinski definition) is 2. The number of nitrogens with one attached hydrogen (secondary N) is 2. The second-order valence-electron chi connectivity index (χ2n) is 4.19. The molecule has 0 aliphatic heterocycles. The third kappa shape index (κ3) is 2.95. The summed E-state index contributed by atoms with van der Waals surface area (Å²) in [5, 5.41) is 6.77. The molecule has 0 amide bonds. The third-order valence-corrected chi connectivity index (χ3v) is 2.49. The minimum Gasteiger partial charge on any atom is -0.312 e. The Kier molecular flexibility index (Phi) is 3.29. The zero-order valence-electron chi connectivity index (χ0n) is 8.19. The van der Waals surface area contributed by atoms with Crippen molar-refractivity contribution < 1.29 is 0 Å². The first-order valence-electron chi connectivity index (χ1n) is 4.72. The van der Waals surface area contributed by atoms with Gasteiger partial charge in [0.25, 0.3) is 0 Å². The molecular formula is C10H20N2. The lowest BCUT2D eigenvalue weighted by molar-refractivity contribution is 0.534. The van der Waals surface area contributed by atoms with Gasteiger partial charge in [0, 0.05) is 25.7 Å². The highest BCUT2D eigenvalue weighted by molar-refractivity contribution is 5.01. The van der Waals surface area contributed by atoms with Crippen LogP contribution in [-0.4, -0.2) is 25.7 Å². The van der Waals surface area contributed by atoms with Crippen molar-refractivity contribution in [1.29, 1.82) is 0 Å². The first-order chi connectivity index (χ1) is 5.67. The van der Waals surface area contributed by atoms with Crippen LogP contribution in [0.5, 0.6) is 0 Å². The molecule has 70 valence electrons. The fourth-order valence-corrected chi connectivity index (χ4v) is 1.35. The lowest BCUT2D eigenvalue weighted by atomic mass is 10.2. The summed E-state index contributed by atoms with van der Waals surface area (Å²) < 4.78 is 0. The molecule has 12 heavy (non-hydrogen) atoms. The van der Waals surface area contributed by atoms with Crippen LogP contribution >= 0.6 is 0 Å². The minimum absolute atomic E-state index is 0.554. The van der Waals surface area contributed by atoms with Crippen molar-refractivity contribution in [2.24, 2.45) is 5.41 Å². The van der Waals surface area contributed by atoms with Gasteiger partial charge in [0.05, 0.1) is 0 Å². The molecule has 0 bridgehead atoms. The molecule has 1 aliphatic carbocycles. The fourth-order valence-electron chi connectivity index (χ4n) is 1.35. The normalized spacial score (nSPS) is 25.3. The minimum atomic E-state index is 0.554. The average molecular weight is 168 g/mol. The van der Waals surface area contributed by atoms with Gasteiger partial charge in [-0.1, -0.05) is 19.9 Å². The summed E-state index contributed by atoms with van der Waals surface area (Å²) in [6, 6.07) is 0.753. The highest BCUT2D eigenvalue weighted by atomic mass is 15.0. The van der Waals surface area contributed by atoms with E-state index in [1.54, 1.807) is 0 Å². The van der Waals surface area contributed by atoms with E-state index in [9.17, 15) is 0 Å². The van der Waals surface area contributed by atoms with Gasteiger partial charge in [-0.05, 0) is 11.8 Å². The Balaban J connectivity index is 1.88. The molecule has 0 spiro atoms. The van der Waals surface area contributed by atoms with Crippen molar-refractivity contribution in [3.8, 4) is 0 Å². The van der Waals surface area contributed by atoms with Crippen LogP contribution < -0.4 is 10.6 Å². The Morgan fingerprint density at radius 2 is 2.17 bits per heavy atom. The van der Waals surface area contributed by atoms with Crippen LogP contribution in [0, 0.1) is 5.41 Å². The average Bonchev–Trinajstić information content (AvgIpc) is 2.59. The van der Waals surface area contributed by atoms with Crippen LogP contribution in [0.2, 0.25) is 0 Å². The van der Waals surface area contributed by atoms with Gasteiger partial charge in [0.2, 0.25) is 0 Å². The van der Waals surface area contributed by atoms with Crippen LogP contribution in [0.4, 0.5) is 0 Å². The molecule has 1 atom stereocenters.